The first-order valence-electron chi connectivity index (χ1n) is 9.51. The van der Waals surface area contributed by atoms with E-state index in [1.54, 1.807) is 30.5 Å². The van der Waals surface area contributed by atoms with E-state index in [9.17, 15) is 0 Å². The van der Waals surface area contributed by atoms with Crippen LogP contribution >= 0.6 is 0 Å². The van der Waals surface area contributed by atoms with Crippen molar-refractivity contribution < 1.29 is 6.85 Å². The van der Waals surface area contributed by atoms with Crippen molar-refractivity contribution in [1.29, 1.82) is 0 Å². The fourth-order valence-corrected chi connectivity index (χ4v) is 3.61. The van der Waals surface area contributed by atoms with Crippen LogP contribution in [0.25, 0.3) is 22.4 Å². The topological polar surface area (TPSA) is 12.9 Å². The molecule has 1 unspecified atom stereocenters. The van der Waals surface area contributed by atoms with E-state index >= 15 is 0 Å². The number of pyridine rings is 1. The molecule has 21 heavy (non-hydrogen) atoms. The van der Waals surface area contributed by atoms with Gasteiger partial charge in [-0.25, -0.2) is 0 Å². The zero-order valence-electron chi connectivity index (χ0n) is 16.2. The average molecular weight is 274 g/mol. The molecule has 0 N–H and O–H groups in total. The Balaban J connectivity index is 2.08. The lowest BCUT2D eigenvalue weighted by molar-refractivity contribution is 0.575. The Morgan fingerprint density at radius 1 is 1.00 bits per heavy atom. The summed E-state index contributed by atoms with van der Waals surface area (Å²) in [5, 5.41) is 0. The molecule has 2 aliphatic rings. The number of fused-ring (bicyclic) bond motifs is 5. The highest BCUT2D eigenvalue weighted by Crippen LogP contribution is 2.56. The van der Waals surface area contributed by atoms with Crippen LogP contribution in [-0.2, 0) is 11.8 Å². The lowest BCUT2D eigenvalue weighted by atomic mass is 9.69. The summed E-state index contributed by atoms with van der Waals surface area (Å²) in [5.74, 6) is 0. The third-order valence-corrected chi connectivity index (χ3v) is 4.45. The summed E-state index contributed by atoms with van der Waals surface area (Å²) in [7, 11) is 0. The van der Waals surface area contributed by atoms with Gasteiger partial charge in [0.15, 0.2) is 0 Å². The molecule has 1 nitrogen and oxygen atoms in total. The molecule has 1 aromatic heterocycles. The Hall–Kier alpha value is -2.41. The van der Waals surface area contributed by atoms with E-state index in [2.05, 4.69) is 4.98 Å². The summed E-state index contributed by atoms with van der Waals surface area (Å²) < 4.78 is 43.4. The number of aromatic nitrogens is 1. The molecule has 2 aliphatic carbocycles. The summed E-state index contributed by atoms with van der Waals surface area (Å²) in [6.45, 7) is -2.57. The second-order valence-corrected chi connectivity index (χ2v) is 5.55. The number of hydrogen-bond donors (Lipinski definition) is 0. The van der Waals surface area contributed by atoms with E-state index in [1.165, 1.54) is 0 Å². The van der Waals surface area contributed by atoms with E-state index < -0.39 is 18.6 Å². The van der Waals surface area contributed by atoms with Crippen molar-refractivity contribution in [2.45, 2.75) is 18.6 Å². The highest BCUT2D eigenvalue weighted by atomic mass is 14.7. The van der Waals surface area contributed by atoms with Crippen LogP contribution in [0.5, 0.6) is 0 Å². The zero-order valence-corrected chi connectivity index (χ0v) is 11.2. The molecular formula is C20H15N. The van der Waals surface area contributed by atoms with Crippen LogP contribution in [0.3, 0.4) is 0 Å². The van der Waals surface area contributed by atoms with Crippen molar-refractivity contribution in [3.63, 3.8) is 0 Å². The smallest absolute Gasteiger partial charge is 0.0737 e. The Labute approximate surface area is 131 Å². The van der Waals surface area contributed by atoms with Crippen molar-refractivity contribution in [1.82, 2.24) is 4.98 Å². The number of hydrogen-bond acceptors (Lipinski definition) is 1. The number of rotatable bonds is 0. The summed E-state index contributed by atoms with van der Waals surface area (Å²) in [4.78, 5) is 4.41. The zero-order chi connectivity index (χ0) is 18.3. The van der Waals surface area contributed by atoms with Gasteiger partial charge in [-0.3, -0.25) is 4.98 Å². The minimum absolute atomic E-state index is 0.331. The lowest BCUT2D eigenvalue weighted by Crippen LogP contribution is -2.28. The average Bonchev–Trinajstić information content (AvgIpc) is 2.93. The maximum atomic E-state index is 9.03. The predicted octanol–water partition coefficient (Wildman–Crippen LogP) is 4.59. The number of nitrogens with zero attached hydrogens (tertiary/aromatic N) is 1. The van der Waals surface area contributed by atoms with E-state index in [0.717, 1.165) is 11.1 Å². The van der Waals surface area contributed by atoms with Gasteiger partial charge in [-0.15, -0.1) is 0 Å². The second kappa shape index (κ2) is 3.62. The van der Waals surface area contributed by atoms with E-state index in [4.69, 9.17) is 6.85 Å². The Morgan fingerprint density at radius 3 is 2.81 bits per heavy atom. The van der Waals surface area contributed by atoms with Crippen LogP contribution in [0.4, 0.5) is 0 Å². The lowest BCUT2D eigenvalue weighted by Gasteiger charge is -2.34. The van der Waals surface area contributed by atoms with Crippen LogP contribution < -0.4 is 0 Å². The predicted molar refractivity (Wildman–Crippen MR) is 85.3 cm³/mol. The molecule has 1 atom stereocenters. The highest BCUT2D eigenvalue weighted by Gasteiger charge is 2.44. The normalized spacial score (nSPS) is 27.1. The Morgan fingerprint density at radius 2 is 1.86 bits per heavy atom. The first-order chi connectivity index (χ1) is 12.3. The first kappa shape index (κ1) is 7.56. The van der Waals surface area contributed by atoms with Gasteiger partial charge in [-0.1, -0.05) is 55.4 Å². The van der Waals surface area contributed by atoms with E-state index in [1.807, 2.05) is 30.3 Å². The van der Waals surface area contributed by atoms with Crippen LogP contribution in [0.1, 0.15) is 30.4 Å². The third kappa shape index (κ3) is 1.25. The highest BCUT2D eigenvalue weighted by molar-refractivity contribution is 5.90. The fourth-order valence-electron chi connectivity index (χ4n) is 3.61. The van der Waals surface area contributed by atoms with Gasteiger partial charge >= 0.3 is 0 Å². The van der Waals surface area contributed by atoms with Crippen molar-refractivity contribution in [3.05, 3.63) is 77.5 Å². The quantitative estimate of drug-likeness (QED) is 0.584. The van der Waals surface area contributed by atoms with Crippen LogP contribution in [0.2, 0.25) is 0 Å². The maximum absolute atomic E-state index is 9.03. The summed E-state index contributed by atoms with van der Waals surface area (Å²) in [6, 6.07) is 16.2. The molecule has 0 saturated heterocycles. The Kier molecular flexibility index (Phi) is 1.30. The second-order valence-electron chi connectivity index (χ2n) is 5.55. The van der Waals surface area contributed by atoms with Gasteiger partial charge < -0.3 is 0 Å². The van der Waals surface area contributed by atoms with Crippen molar-refractivity contribution >= 4 is 0 Å². The molecule has 1 heterocycles. The molecule has 0 saturated carbocycles. The fraction of sp³-hybridized carbons (Fsp3) is 0.150. The van der Waals surface area contributed by atoms with Crippen molar-refractivity contribution in [3.8, 4) is 22.4 Å². The standard InChI is InChI=1S/C20H15N/c1-20-12-13-6-5-11-21-19(13)16-9-4-8-15(18(16)20)14-7-2-3-10-17(14)20/h2-11H,12H2,1H3/i1D3,12D2. The summed E-state index contributed by atoms with van der Waals surface area (Å²) in [5.41, 5.74) is 2.46. The molecule has 100 valence electrons. The van der Waals surface area contributed by atoms with Crippen LogP contribution in [0.15, 0.2) is 60.8 Å². The SMILES string of the molecule is [2H]C([2H])([2H])C12c3ccccc3-c3cccc(c31)-c1ncccc1C2([2H])[2H]. The van der Waals surface area contributed by atoms with Gasteiger partial charge in [0, 0.05) is 24.0 Å². The minimum Gasteiger partial charge on any atom is -0.256 e. The maximum Gasteiger partial charge on any atom is 0.0737 e. The van der Waals surface area contributed by atoms with Gasteiger partial charge in [-0.2, -0.15) is 0 Å². The molecule has 0 amide bonds. The summed E-state index contributed by atoms with van der Waals surface area (Å²) in [6.07, 6.45) is -0.504. The molecule has 2 aromatic carbocycles. The molecule has 0 spiro atoms. The molecular weight excluding hydrogens is 254 g/mol. The van der Waals surface area contributed by atoms with Gasteiger partial charge in [0.05, 0.1) is 5.69 Å². The molecule has 1 heteroatoms. The Bertz CT molecular complexity index is 1070. The van der Waals surface area contributed by atoms with Gasteiger partial charge in [0.2, 0.25) is 0 Å². The van der Waals surface area contributed by atoms with Crippen LogP contribution in [-0.4, -0.2) is 4.98 Å². The van der Waals surface area contributed by atoms with Crippen LogP contribution in [0, 0.1) is 0 Å². The van der Waals surface area contributed by atoms with Crippen molar-refractivity contribution in [2.24, 2.45) is 0 Å². The van der Waals surface area contributed by atoms with Crippen molar-refractivity contribution in [2.75, 3.05) is 0 Å². The largest absolute Gasteiger partial charge is 0.256 e. The van der Waals surface area contributed by atoms with Gasteiger partial charge in [-0.05, 0) is 40.3 Å². The first-order valence-corrected chi connectivity index (χ1v) is 7.01. The number of benzene rings is 2. The third-order valence-electron chi connectivity index (χ3n) is 4.45. The van der Waals surface area contributed by atoms with Gasteiger partial charge in [0.1, 0.15) is 0 Å². The molecule has 3 aromatic rings. The molecule has 0 radical (unpaired) electrons. The molecule has 5 rings (SSSR count). The van der Waals surface area contributed by atoms with Gasteiger partial charge in [0.25, 0.3) is 0 Å². The minimum atomic E-state index is -2.57. The molecule has 0 fully saturated rings. The summed E-state index contributed by atoms with van der Waals surface area (Å²) >= 11 is 0. The van der Waals surface area contributed by atoms with E-state index in [0.29, 0.717) is 27.9 Å². The van der Waals surface area contributed by atoms with E-state index in [-0.39, 0.29) is 0 Å². The molecule has 0 bridgehead atoms. The monoisotopic (exact) mass is 274 g/mol. The molecule has 0 aliphatic heterocycles.